The van der Waals surface area contributed by atoms with Gasteiger partial charge in [-0.15, -0.1) is 0 Å². The zero-order chi connectivity index (χ0) is 22.5. The maximum Gasteiger partial charge on any atom is 0.330 e. The fourth-order valence-electron chi connectivity index (χ4n) is 3.44. The lowest BCUT2D eigenvalue weighted by Crippen LogP contribution is -2.28. The molecule has 0 heterocycles. The van der Waals surface area contributed by atoms with Crippen molar-refractivity contribution in [2.45, 2.75) is 66.1 Å². The minimum Gasteiger partial charge on any atom is -0.544 e. The molecule has 0 saturated carbocycles. The number of hydrogen-bond donors (Lipinski definition) is 0. The Morgan fingerprint density at radius 2 is 1.90 bits per heavy atom. The van der Waals surface area contributed by atoms with Gasteiger partial charge in [0.25, 0.3) is 0 Å². The van der Waals surface area contributed by atoms with Gasteiger partial charge in [0.15, 0.2) is 0 Å². The van der Waals surface area contributed by atoms with Gasteiger partial charge in [-0.1, -0.05) is 44.2 Å². The molecule has 0 unspecified atom stereocenters. The van der Waals surface area contributed by atoms with Gasteiger partial charge in [-0.25, -0.2) is 4.79 Å². The van der Waals surface area contributed by atoms with Crippen LogP contribution in [0.5, 0.6) is 0 Å². The molecule has 1 aromatic carbocycles. The van der Waals surface area contributed by atoms with Crippen molar-refractivity contribution in [1.29, 1.82) is 0 Å². The molecule has 162 valence electrons. The van der Waals surface area contributed by atoms with E-state index < -0.39 is 8.32 Å². The van der Waals surface area contributed by atoms with Crippen molar-refractivity contribution in [2.75, 3.05) is 6.61 Å². The van der Waals surface area contributed by atoms with Crippen molar-refractivity contribution in [2.24, 2.45) is 0 Å². The Morgan fingerprint density at radius 1 is 1.20 bits per heavy atom. The highest BCUT2D eigenvalue weighted by Crippen LogP contribution is 2.41. The van der Waals surface area contributed by atoms with Gasteiger partial charge in [-0.3, -0.25) is 0 Å². The molecule has 0 atom stereocenters. The van der Waals surface area contributed by atoms with Crippen LogP contribution < -0.4 is 0 Å². The first-order valence-corrected chi connectivity index (χ1v) is 14.1. The largest absolute Gasteiger partial charge is 0.544 e. The lowest BCUT2D eigenvalue weighted by atomic mass is 9.74. The SMILES string of the molecule is CCOC(=O)/C=C(C)/C=C/C=C(\C)c1ccc2c(c1)C(O[Si](C)(C)C)=CCC2(C)C. The third-order valence-corrected chi connectivity index (χ3v) is 5.85. The van der Waals surface area contributed by atoms with Crippen molar-refractivity contribution in [1.82, 2.24) is 0 Å². The number of hydrogen-bond acceptors (Lipinski definition) is 3. The normalized spacial score (nSPS) is 16.9. The maximum absolute atomic E-state index is 11.5. The van der Waals surface area contributed by atoms with Crippen LogP contribution in [0.4, 0.5) is 0 Å². The van der Waals surface area contributed by atoms with Gasteiger partial charge in [0.2, 0.25) is 8.32 Å². The summed E-state index contributed by atoms with van der Waals surface area (Å²) in [5, 5.41) is 0. The van der Waals surface area contributed by atoms with Gasteiger partial charge in [0.1, 0.15) is 5.76 Å². The van der Waals surface area contributed by atoms with Gasteiger partial charge < -0.3 is 9.16 Å². The standard InChI is InChI=1S/C26H36O3Si/c1-9-28-25(27)17-19(2)11-10-12-20(3)21-13-14-23-22(18-21)24(29-30(6,7)8)15-16-26(23,4)5/h10-15,17-18H,9,16H2,1-8H3/b11-10+,19-17+,20-12+. The van der Waals surface area contributed by atoms with Gasteiger partial charge in [-0.05, 0) is 86.7 Å². The predicted molar refractivity (Wildman–Crippen MR) is 130 cm³/mol. The fraction of sp³-hybridized carbons (Fsp3) is 0.423. The van der Waals surface area contributed by atoms with E-state index in [0.29, 0.717) is 6.61 Å². The smallest absolute Gasteiger partial charge is 0.330 e. The predicted octanol–water partition coefficient (Wildman–Crippen LogP) is 7.03. The van der Waals surface area contributed by atoms with Crippen LogP contribution in [0.3, 0.4) is 0 Å². The molecular weight excluding hydrogens is 388 g/mol. The molecule has 1 aromatic rings. The summed E-state index contributed by atoms with van der Waals surface area (Å²) in [6, 6.07) is 6.69. The summed E-state index contributed by atoms with van der Waals surface area (Å²) in [6.45, 7) is 17.4. The second kappa shape index (κ2) is 9.65. The first-order valence-electron chi connectivity index (χ1n) is 10.7. The molecule has 2 rings (SSSR count). The molecule has 0 saturated heterocycles. The molecule has 0 aliphatic heterocycles. The number of allylic oxidation sites excluding steroid dienone is 6. The highest BCUT2D eigenvalue weighted by atomic mass is 28.4. The molecule has 0 N–H and O–H groups in total. The van der Waals surface area contributed by atoms with Crippen molar-refractivity contribution in [3.05, 3.63) is 70.8 Å². The van der Waals surface area contributed by atoms with Crippen LogP contribution in [0.15, 0.2) is 54.2 Å². The van der Waals surface area contributed by atoms with E-state index in [4.69, 9.17) is 9.16 Å². The summed E-state index contributed by atoms with van der Waals surface area (Å²) in [5.74, 6) is 0.723. The Balaban J connectivity index is 2.30. The van der Waals surface area contributed by atoms with E-state index in [0.717, 1.165) is 23.3 Å². The Hall–Kier alpha value is -2.33. The first-order chi connectivity index (χ1) is 13.9. The van der Waals surface area contributed by atoms with E-state index in [1.165, 1.54) is 22.8 Å². The van der Waals surface area contributed by atoms with E-state index in [-0.39, 0.29) is 11.4 Å². The number of carbonyl (C=O) groups is 1. The van der Waals surface area contributed by atoms with E-state index in [1.807, 2.05) is 19.1 Å². The highest BCUT2D eigenvalue weighted by Gasteiger charge is 2.31. The van der Waals surface area contributed by atoms with Crippen LogP contribution >= 0.6 is 0 Å². The van der Waals surface area contributed by atoms with Crippen molar-refractivity contribution >= 4 is 25.6 Å². The summed E-state index contributed by atoms with van der Waals surface area (Å²) in [5.41, 5.74) is 5.85. The van der Waals surface area contributed by atoms with Crippen LogP contribution in [-0.2, 0) is 19.4 Å². The lowest BCUT2D eigenvalue weighted by Gasteiger charge is -2.34. The van der Waals surface area contributed by atoms with Crippen LogP contribution in [0.1, 0.15) is 57.7 Å². The highest BCUT2D eigenvalue weighted by molar-refractivity contribution is 6.70. The van der Waals surface area contributed by atoms with Crippen molar-refractivity contribution < 1.29 is 14.0 Å². The maximum atomic E-state index is 11.5. The molecular formula is C26H36O3Si. The minimum absolute atomic E-state index is 0.104. The number of benzene rings is 1. The topological polar surface area (TPSA) is 35.5 Å². The fourth-order valence-corrected chi connectivity index (χ4v) is 4.29. The molecule has 0 aromatic heterocycles. The van der Waals surface area contributed by atoms with Gasteiger partial charge in [-0.2, -0.15) is 0 Å². The first kappa shape index (κ1) is 23.9. The Morgan fingerprint density at radius 3 is 2.53 bits per heavy atom. The molecule has 1 aliphatic carbocycles. The summed E-state index contributed by atoms with van der Waals surface area (Å²) >= 11 is 0. The zero-order valence-electron chi connectivity index (χ0n) is 19.8. The van der Waals surface area contributed by atoms with Gasteiger partial charge in [0, 0.05) is 11.6 Å². The molecule has 0 spiro atoms. The average molecular weight is 425 g/mol. The summed E-state index contributed by atoms with van der Waals surface area (Å²) in [4.78, 5) is 11.5. The second-order valence-electron chi connectivity index (χ2n) is 9.48. The van der Waals surface area contributed by atoms with E-state index in [9.17, 15) is 4.79 Å². The van der Waals surface area contributed by atoms with Crippen molar-refractivity contribution in [3.63, 3.8) is 0 Å². The third kappa shape index (κ3) is 6.59. The van der Waals surface area contributed by atoms with Crippen molar-refractivity contribution in [3.8, 4) is 0 Å². The number of ether oxygens (including phenoxy) is 1. The van der Waals surface area contributed by atoms with Gasteiger partial charge in [0.05, 0.1) is 6.61 Å². The Bertz CT molecular complexity index is 909. The quantitative estimate of drug-likeness (QED) is 0.204. The third-order valence-electron chi connectivity index (χ3n) is 5.02. The van der Waals surface area contributed by atoms with E-state index >= 15 is 0 Å². The average Bonchev–Trinajstić information content (AvgIpc) is 2.63. The van der Waals surface area contributed by atoms with E-state index in [2.05, 4.69) is 70.8 Å². The van der Waals surface area contributed by atoms with Gasteiger partial charge >= 0.3 is 5.97 Å². The molecule has 0 radical (unpaired) electrons. The van der Waals surface area contributed by atoms with Crippen LogP contribution in [0, 0.1) is 0 Å². The monoisotopic (exact) mass is 424 g/mol. The zero-order valence-corrected chi connectivity index (χ0v) is 20.8. The van der Waals surface area contributed by atoms with Crippen LogP contribution in [0.25, 0.3) is 11.3 Å². The summed E-state index contributed by atoms with van der Waals surface area (Å²) < 4.78 is 11.4. The number of carbonyl (C=O) groups excluding carboxylic acids is 1. The summed E-state index contributed by atoms with van der Waals surface area (Å²) in [7, 11) is -1.70. The molecule has 3 nitrogen and oxygen atoms in total. The number of rotatable bonds is 7. The molecule has 0 amide bonds. The molecule has 0 bridgehead atoms. The molecule has 4 heteroatoms. The number of esters is 1. The Kier molecular flexibility index (Phi) is 7.70. The molecule has 1 aliphatic rings. The second-order valence-corrected chi connectivity index (χ2v) is 13.9. The van der Waals surface area contributed by atoms with Crippen LogP contribution in [0.2, 0.25) is 19.6 Å². The number of fused-ring (bicyclic) bond motifs is 1. The van der Waals surface area contributed by atoms with Crippen LogP contribution in [-0.4, -0.2) is 20.9 Å². The molecule has 30 heavy (non-hydrogen) atoms. The summed E-state index contributed by atoms with van der Waals surface area (Å²) in [6.07, 6.45) is 10.7. The molecule has 0 fully saturated rings. The van der Waals surface area contributed by atoms with E-state index in [1.54, 1.807) is 6.92 Å². The lowest BCUT2D eigenvalue weighted by molar-refractivity contribution is -0.137. The minimum atomic E-state index is -1.70. The Labute approximate surface area is 183 Å².